The van der Waals surface area contributed by atoms with Crippen LogP contribution in [0.2, 0.25) is 0 Å². The van der Waals surface area contributed by atoms with Gasteiger partial charge in [-0.15, -0.1) is 11.8 Å². The van der Waals surface area contributed by atoms with E-state index in [2.05, 4.69) is 270 Å². The predicted octanol–water partition coefficient (Wildman–Crippen LogP) is 11.2. The number of phenolic OH excluding ortho intramolecular Hbond substituents is 1. The molecule has 8 aromatic rings. The maximum atomic E-state index is 14.0. The quantitative estimate of drug-likeness (QED) is 0.00327. The van der Waals surface area contributed by atoms with Gasteiger partial charge in [0.1, 0.15) is 48.0 Å². The molecule has 2 aliphatic heterocycles. The van der Waals surface area contributed by atoms with Crippen molar-refractivity contribution in [2.24, 2.45) is 40.7 Å². The van der Waals surface area contributed by atoms with E-state index in [9.17, 15) is 68.0 Å². The first-order valence-corrected chi connectivity index (χ1v) is 46.0. The Balaban J connectivity index is 0.000000737. The Labute approximate surface area is 789 Å². The summed E-state index contributed by atoms with van der Waals surface area (Å²) in [5, 5.41) is 39.4. The van der Waals surface area contributed by atoms with Crippen LogP contribution in [0.1, 0.15) is 152 Å². The molecule has 2 fully saturated rings. The lowest BCUT2D eigenvalue weighted by Gasteiger charge is -2.30. The van der Waals surface area contributed by atoms with Crippen LogP contribution in [0.15, 0.2) is 230 Å². The molecule has 2 aliphatic rings. The van der Waals surface area contributed by atoms with Gasteiger partial charge in [0.2, 0.25) is 65.0 Å². The third-order valence-electron chi connectivity index (χ3n) is 19.2. The minimum absolute atomic E-state index is 0. The summed E-state index contributed by atoms with van der Waals surface area (Å²) in [4.78, 5) is 159. The fourth-order valence-electron chi connectivity index (χ4n) is 12.8. The van der Waals surface area contributed by atoms with Gasteiger partial charge in [0.05, 0.1) is 29.0 Å². The van der Waals surface area contributed by atoms with Crippen LogP contribution in [0.3, 0.4) is 0 Å². The van der Waals surface area contributed by atoms with Gasteiger partial charge in [-0.3, -0.25) is 62.9 Å². The van der Waals surface area contributed by atoms with E-state index in [0.29, 0.717) is 35.3 Å². The smallest absolute Gasteiger partial charge is 0.301 e. The molecule has 3 heterocycles. The second-order valence-electron chi connectivity index (χ2n) is 30.4. The molecule has 694 valence electrons. The number of carbonyl (C=O) groups excluding carboxylic acids is 11. The second-order valence-corrected chi connectivity index (χ2v) is 34.8. The number of thiol groups is 2. The largest absolute Gasteiger partial charge is 0.508 e. The van der Waals surface area contributed by atoms with Crippen molar-refractivity contribution >= 4 is 156 Å². The SMILES string of the molecule is C.C1SS1.CC(C)C.CC[C@H](C)[C@H](NC(=O)C(Cc1ccc(O)cc1)NC(=O)[C@@H](N)CS)C(=O)NC(CCC(N)=O)C(=O)N[C@@H](CC(N)=O)C(=O)NC(CS)C(=O)N1CCC[C@H]1C(=O)N[C@@H](CC(C)C)C(=O)NCC(N)=O.CSc1ncccc1[N+](=O)[O-].S.S.c1ccc(C(c2ccccc2)c2ccccc2)cc1.c1ccc(C(c2ccccc2)c2ccccc2)cc1. The molecule has 7 aromatic carbocycles. The molecule has 3 unspecified atom stereocenters. The van der Waals surface area contributed by atoms with Crippen LogP contribution in [0.4, 0.5) is 5.69 Å². The van der Waals surface area contributed by atoms with Gasteiger partial charge in [-0.1, -0.05) is 278 Å². The number of thioether (sulfide) groups is 1. The average Bonchev–Trinajstić information content (AvgIpc) is 1.69. The molecule has 0 spiro atoms. The molecule has 16 N–H and O–H groups in total. The topological polar surface area (TPSA) is 456 Å². The van der Waals surface area contributed by atoms with Gasteiger partial charge in [0.15, 0.2) is 5.03 Å². The molecule has 0 saturated carbocycles. The van der Waals surface area contributed by atoms with E-state index in [1.807, 2.05) is 35.4 Å². The molecule has 2 saturated heterocycles. The van der Waals surface area contributed by atoms with E-state index in [1.165, 1.54) is 85.5 Å². The normalized spacial score (nSPS) is 13.8. The van der Waals surface area contributed by atoms with Crippen molar-refractivity contribution in [1.29, 1.82) is 0 Å². The van der Waals surface area contributed by atoms with E-state index in [-0.39, 0.29) is 89.1 Å². The highest BCUT2D eigenvalue weighted by atomic mass is 33.2. The number of hydrogen-bond donors (Lipinski definition) is 14. The third kappa shape index (κ3) is 41.3. The summed E-state index contributed by atoms with van der Waals surface area (Å²) in [6.45, 7) is 13.1. The summed E-state index contributed by atoms with van der Waals surface area (Å²) >= 11 is 9.55. The van der Waals surface area contributed by atoms with Crippen LogP contribution in [0, 0.1) is 27.9 Å². The fourth-order valence-corrected chi connectivity index (χ4v) is 13.8. The highest BCUT2D eigenvalue weighted by Crippen LogP contribution is 2.42. The Morgan fingerprint density at radius 2 is 0.969 bits per heavy atom. The average molecular weight is 1890 g/mol. The van der Waals surface area contributed by atoms with Gasteiger partial charge >= 0.3 is 5.69 Å². The van der Waals surface area contributed by atoms with Crippen LogP contribution in [-0.4, -0.2) is 169 Å². The van der Waals surface area contributed by atoms with Crippen molar-refractivity contribution in [3.05, 3.63) is 274 Å². The maximum absolute atomic E-state index is 14.0. The molecule has 0 aliphatic carbocycles. The molecule has 10 rings (SSSR count). The molecule has 28 nitrogen and oxygen atoms in total. The lowest BCUT2D eigenvalue weighted by molar-refractivity contribution is -0.388. The number of nitrogens with two attached hydrogens (primary N) is 4. The Hall–Kier alpha value is -10.5. The number of aromatic hydroxyl groups is 1. The molecular formula is C93H126N14O14S7. The minimum atomic E-state index is -1.76. The summed E-state index contributed by atoms with van der Waals surface area (Å²) in [5.74, 6) is -9.01. The molecule has 9 atom stereocenters. The Bertz CT molecular complexity index is 4380. The summed E-state index contributed by atoms with van der Waals surface area (Å²) < 4.78 is 0. The van der Waals surface area contributed by atoms with Crippen LogP contribution >= 0.6 is 85.6 Å². The van der Waals surface area contributed by atoms with E-state index in [0.717, 1.165) is 5.92 Å². The van der Waals surface area contributed by atoms with Crippen molar-refractivity contribution in [2.45, 2.75) is 172 Å². The zero-order chi connectivity index (χ0) is 91.9. The number of amides is 11. The van der Waals surface area contributed by atoms with Crippen molar-refractivity contribution in [3.8, 4) is 5.75 Å². The zero-order valence-corrected chi connectivity index (χ0v) is 78.8. The number of nitrogens with zero attached hydrogens (tertiary/aromatic N) is 3. The molecule has 11 amide bonds. The number of hydrogen-bond acceptors (Lipinski definition) is 21. The zero-order valence-electron chi connectivity index (χ0n) is 72.6. The van der Waals surface area contributed by atoms with Crippen molar-refractivity contribution < 1.29 is 62.8 Å². The number of nitrogens with one attached hydrogen (secondary N) is 7. The van der Waals surface area contributed by atoms with E-state index >= 15 is 0 Å². The number of nitro groups is 1. The molecule has 0 bridgehead atoms. The van der Waals surface area contributed by atoms with Gasteiger partial charge in [0.25, 0.3) is 0 Å². The van der Waals surface area contributed by atoms with E-state index in [1.54, 1.807) is 32.4 Å². The second kappa shape index (κ2) is 61.8. The number of aromatic nitrogens is 1. The summed E-state index contributed by atoms with van der Waals surface area (Å²) in [5.41, 5.74) is 30.4. The summed E-state index contributed by atoms with van der Waals surface area (Å²) in [6, 6.07) is 62.2. The Morgan fingerprint density at radius 1 is 0.547 bits per heavy atom. The number of rotatable bonds is 37. The molecule has 1 aromatic heterocycles. The highest BCUT2D eigenvalue weighted by Gasteiger charge is 2.41. The Kier molecular flexibility index (Phi) is 54.9. The molecule has 35 heteroatoms. The first-order valence-electron chi connectivity index (χ1n) is 41.0. The van der Waals surface area contributed by atoms with Crippen LogP contribution < -0.4 is 60.2 Å². The van der Waals surface area contributed by atoms with Gasteiger partial charge in [0, 0.05) is 55.0 Å². The van der Waals surface area contributed by atoms with Crippen molar-refractivity contribution in [1.82, 2.24) is 47.1 Å². The van der Waals surface area contributed by atoms with Gasteiger partial charge in [-0.05, 0) is 107 Å². The molecule has 0 radical (unpaired) electrons. The monoisotopic (exact) mass is 1890 g/mol. The van der Waals surface area contributed by atoms with E-state index in [4.69, 9.17) is 22.9 Å². The van der Waals surface area contributed by atoms with Crippen molar-refractivity contribution in [2.75, 3.05) is 35.9 Å². The van der Waals surface area contributed by atoms with E-state index < -0.39 is 150 Å². The summed E-state index contributed by atoms with van der Waals surface area (Å²) in [7, 11) is 3.83. The van der Waals surface area contributed by atoms with Gasteiger partial charge in [-0.2, -0.15) is 52.2 Å². The van der Waals surface area contributed by atoms with Gasteiger partial charge < -0.3 is 70.2 Å². The van der Waals surface area contributed by atoms with Gasteiger partial charge in [-0.25, -0.2) is 4.98 Å². The lowest BCUT2D eigenvalue weighted by atomic mass is 9.85. The van der Waals surface area contributed by atoms with Crippen molar-refractivity contribution in [3.63, 3.8) is 0 Å². The lowest BCUT2D eigenvalue weighted by Crippen LogP contribution is -2.61. The first-order chi connectivity index (χ1) is 59.8. The number of benzene rings is 7. The third-order valence-corrected chi connectivity index (χ3v) is 21.6. The predicted molar refractivity (Wildman–Crippen MR) is 528 cm³/mol. The van der Waals surface area contributed by atoms with Crippen LogP contribution in [0.25, 0.3) is 0 Å². The maximum Gasteiger partial charge on any atom is 0.301 e. The van der Waals surface area contributed by atoms with Crippen LogP contribution in [0.5, 0.6) is 5.75 Å². The minimum Gasteiger partial charge on any atom is -0.508 e. The number of likely N-dealkylation sites (tertiary alicyclic amines) is 1. The first kappa shape index (κ1) is 114. The standard InChI is InChI=1S/C43H68N12O12S2.2C19H16.C6H6N2O2S.C4H10.CH2S2.CH4.2H2S/c1-5-22(4)35(54-40(64)28(50-36(60)25(44)19-68)16-23-8-10-24(56)11-9-23)42(66)49-26(12-13-32(45)57)38(62)51-29(17-33(46)58)39(63)53-30(20-69)43(67)55-14-6-7-31(55)41(65)52-27(15-21(2)3)37(61)48-18-34(47)59;2*1-4-10-16(11-5-1)19(17-12-6-2-7-13-17)18-14-8-3-9-15-18;1-11-6-5(8(9)10)3-2-4-7-6;1-4(2)3;1-2-3-1;;;/h8-11,21-22,25-31,35,56,68-69H,5-7,12-20,44H2,1-4H3,(H2,45,57)(H2,46,58)(H2,47,59)(H,48,61)(H,49,66)(H,50,60)(H,51,62)(H,52,65)(H,53,63)(H,54,64);2*1-15,19H;2-4H,1H3;4H,1-3H3;1H2;1H4;2*1H2/t22-,25-,26?,27-,28?,29-,30?,31-,35-;;;;;;;;/m0......../s1. The molecule has 128 heavy (non-hydrogen) atoms. The number of phenols is 1. The number of carbonyl (C=O) groups is 11. The highest BCUT2D eigenvalue weighted by molar-refractivity contribution is 8.92. The number of primary amides is 3. The fraction of sp³-hybridized carbons (Fsp3) is 0.376. The van der Waals surface area contributed by atoms with Crippen LogP contribution in [-0.2, 0) is 59.2 Å². The Morgan fingerprint density at radius 3 is 1.34 bits per heavy atom. The number of pyridine rings is 1. The summed E-state index contributed by atoms with van der Waals surface area (Å²) in [6.07, 6.45) is 2.63. The molecular weight excluding hydrogens is 1760 g/mol.